The van der Waals surface area contributed by atoms with E-state index in [-0.39, 0.29) is 23.4 Å². The van der Waals surface area contributed by atoms with Crippen molar-refractivity contribution in [2.45, 2.75) is 37.3 Å². The number of amides is 1. The van der Waals surface area contributed by atoms with Crippen molar-refractivity contribution < 1.29 is 22.7 Å². The number of hydrogen-bond donors (Lipinski definition) is 1. The van der Waals surface area contributed by atoms with Crippen LogP contribution in [0.15, 0.2) is 77.7 Å². The lowest BCUT2D eigenvalue weighted by Crippen LogP contribution is -2.51. The van der Waals surface area contributed by atoms with Crippen LogP contribution in [0.25, 0.3) is 0 Å². The van der Waals surface area contributed by atoms with Gasteiger partial charge in [0.05, 0.1) is 30.3 Å². The molecule has 1 aliphatic heterocycles. The number of sulfonamides is 1. The molecule has 3 aromatic rings. The lowest BCUT2D eigenvalue weighted by molar-refractivity contribution is -0.128. The lowest BCUT2D eigenvalue weighted by Gasteiger charge is -2.35. The summed E-state index contributed by atoms with van der Waals surface area (Å²) in [5.41, 5.74) is 2.57. The predicted molar refractivity (Wildman–Crippen MR) is 131 cm³/mol. The monoisotopic (exact) mass is 480 g/mol. The van der Waals surface area contributed by atoms with Gasteiger partial charge in [-0.25, -0.2) is 8.42 Å². The SMILES string of the molecule is CCc1ccc(C(C)NC(=O)C2CN(S(=O)(=O)c3ccc(OC)cc3)c3ccccc3O2)cc1. The Bertz CT molecular complexity index is 1260. The number of rotatable bonds is 7. The van der Waals surface area contributed by atoms with Gasteiger partial charge in [-0.05, 0) is 60.9 Å². The molecule has 0 radical (unpaired) electrons. The van der Waals surface area contributed by atoms with Gasteiger partial charge in [0.15, 0.2) is 6.10 Å². The van der Waals surface area contributed by atoms with Crippen molar-refractivity contribution in [3.05, 3.63) is 83.9 Å². The number of aryl methyl sites for hydroxylation is 1. The van der Waals surface area contributed by atoms with Crippen molar-refractivity contribution in [1.29, 1.82) is 0 Å². The molecule has 0 saturated carbocycles. The molecule has 8 heteroatoms. The fourth-order valence-corrected chi connectivity index (χ4v) is 5.35. The summed E-state index contributed by atoms with van der Waals surface area (Å²) in [4.78, 5) is 13.2. The van der Waals surface area contributed by atoms with Crippen LogP contribution in [-0.4, -0.2) is 34.1 Å². The highest BCUT2D eigenvalue weighted by molar-refractivity contribution is 7.92. The van der Waals surface area contributed by atoms with Crippen LogP contribution in [0.2, 0.25) is 0 Å². The van der Waals surface area contributed by atoms with Crippen molar-refractivity contribution in [3.63, 3.8) is 0 Å². The first kappa shape index (κ1) is 23.6. The molecular formula is C26H28N2O5S. The van der Waals surface area contributed by atoms with Crippen molar-refractivity contribution >= 4 is 21.6 Å². The molecule has 0 spiro atoms. The van der Waals surface area contributed by atoms with E-state index in [4.69, 9.17) is 9.47 Å². The number of carbonyl (C=O) groups excluding carboxylic acids is 1. The second kappa shape index (κ2) is 9.77. The van der Waals surface area contributed by atoms with Crippen LogP contribution in [0.3, 0.4) is 0 Å². The highest BCUT2D eigenvalue weighted by Crippen LogP contribution is 2.37. The highest BCUT2D eigenvalue weighted by atomic mass is 32.2. The molecule has 0 saturated heterocycles. The fourth-order valence-electron chi connectivity index (χ4n) is 3.87. The number of ether oxygens (including phenoxy) is 2. The Kier molecular flexibility index (Phi) is 6.79. The zero-order valence-electron chi connectivity index (χ0n) is 19.4. The number of nitrogens with one attached hydrogen (secondary N) is 1. The quantitative estimate of drug-likeness (QED) is 0.551. The minimum absolute atomic E-state index is 0.105. The molecule has 1 amide bonds. The van der Waals surface area contributed by atoms with Crippen LogP contribution >= 0.6 is 0 Å². The zero-order chi connectivity index (χ0) is 24.3. The van der Waals surface area contributed by atoms with Gasteiger partial charge in [0, 0.05) is 0 Å². The van der Waals surface area contributed by atoms with Crippen molar-refractivity contribution in [3.8, 4) is 11.5 Å². The molecule has 3 aromatic carbocycles. The normalized spacial score (nSPS) is 16.2. The number of methoxy groups -OCH3 is 1. The van der Waals surface area contributed by atoms with Gasteiger partial charge in [0.25, 0.3) is 15.9 Å². The molecule has 1 aliphatic rings. The van der Waals surface area contributed by atoms with Gasteiger partial charge in [-0.2, -0.15) is 0 Å². The Hall–Kier alpha value is -3.52. The summed E-state index contributed by atoms with van der Waals surface area (Å²) in [6.45, 7) is 3.84. The molecule has 1 N–H and O–H groups in total. The smallest absolute Gasteiger partial charge is 0.264 e. The van der Waals surface area contributed by atoms with E-state index in [2.05, 4.69) is 12.2 Å². The van der Waals surface area contributed by atoms with E-state index in [0.29, 0.717) is 17.2 Å². The zero-order valence-corrected chi connectivity index (χ0v) is 20.2. The summed E-state index contributed by atoms with van der Waals surface area (Å²) >= 11 is 0. The maximum absolute atomic E-state index is 13.5. The van der Waals surface area contributed by atoms with Gasteiger partial charge in [0.2, 0.25) is 0 Å². The molecule has 0 fully saturated rings. The molecule has 1 heterocycles. The Morgan fingerprint density at radius 1 is 1.09 bits per heavy atom. The second-order valence-electron chi connectivity index (χ2n) is 8.11. The standard InChI is InChI=1S/C26H28N2O5S/c1-4-19-9-11-20(12-10-19)18(2)27-26(29)25-17-28(23-7-5-6-8-24(23)33-25)34(30,31)22-15-13-21(32-3)14-16-22/h5-16,18,25H,4,17H2,1-3H3,(H,27,29). The summed E-state index contributed by atoms with van der Waals surface area (Å²) in [6.07, 6.45) is -0.0604. The summed E-state index contributed by atoms with van der Waals surface area (Å²) in [5.74, 6) is 0.516. The molecule has 178 valence electrons. The van der Waals surface area contributed by atoms with Crippen LogP contribution in [-0.2, 0) is 21.2 Å². The molecule has 7 nitrogen and oxygen atoms in total. The molecule has 34 heavy (non-hydrogen) atoms. The van der Waals surface area contributed by atoms with Crippen molar-refractivity contribution in [2.75, 3.05) is 18.0 Å². The lowest BCUT2D eigenvalue weighted by atomic mass is 10.0. The number of benzene rings is 3. The molecule has 2 atom stereocenters. The summed E-state index contributed by atoms with van der Waals surface area (Å²) in [5, 5.41) is 2.96. The Labute approximate surface area is 200 Å². The number of anilines is 1. The molecule has 0 aliphatic carbocycles. The van der Waals surface area contributed by atoms with E-state index >= 15 is 0 Å². The minimum atomic E-state index is -3.94. The maximum Gasteiger partial charge on any atom is 0.264 e. The number of hydrogen-bond acceptors (Lipinski definition) is 5. The summed E-state index contributed by atoms with van der Waals surface area (Å²) in [7, 11) is -2.42. The molecular weight excluding hydrogens is 452 g/mol. The Balaban J connectivity index is 1.58. The number of para-hydroxylation sites is 2. The van der Waals surface area contributed by atoms with E-state index in [1.165, 1.54) is 29.1 Å². The third kappa shape index (κ3) is 4.72. The number of nitrogens with zero attached hydrogens (tertiary/aromatic N) is 1. The van der Waals surface area contributed by atoms with Gasteiger partial charge < -0.3 is 14.8 Å². The second-order valence-corrected chi connectivity index (χ2v) is 9.97. The van der Waals surface area contributed by atoms with E-state index in [9.17, 15) is 13.2 Å². The number of carbonyl (C=O) groups is 1. The van der Waals surface area contributed by atoms with Crippen LogP contribution in [0, 0.1) is 0 Å². The number of fused-ring (bicyclic) bond motifs is 1. The predicted octanol–water partition coefficient (Wildman–Crippen LogP) is 4.09. The minimum Gasteiger partial charge on any atom is -0.497 e. The Morgan fingerprint density at radius 3 is 2.41 bits per heavy atom. The van der Waals surface area contributed by atoms with Gasteiger partial charge in [-0.15, -0.1) is 0 Å². The van der Waals surface area contributed by atoms with Gasteiger partial charge in [-0.1, -0.05) is 43.3 Å². The summed E-state index contributed by atoms with van der Waals surface area (Å²) in [6, 6.07) is 20.8. The molecule has 2 unspecified atom stereocenters. The third-order valence-corrected chi connectivity index (χ3v) is 7.72. The van der Waals surface area contributed by atoms with Crippen molar-refractivity contribution in [1.82, 2.24) is 5.32 Å². The van der Waals surface area contributed by atoms with E-state index in [1.54, 1.807) is 36.4 Å². The van der Waals surface area contributed by atoms with Crippen molar-refractivity contribution in [2.24, 2.45) is 0 Å². The van der Waals surface area contributed by atoms with E-state index in [0.717, 1.165) is 12.0 Å². The molecule has 0 aromatic heterocycles. The summed E-state index contributed by atoms with van der Waals surface area (Å²) < 4.78 is 39.3. The molecule has 0 bridgehead atoms. The van der Waals surface area contributed by atoms with Crippen LogP contribution in [0.4, 0.5) is 5.69 Å². The topological polar surface area (TPSA) is 84.9 Å². The average Bonchev–Trinajstić information content (AvgIpc) is 2.87. The van der Waals surface area contributed by atoms with Crippen LogP contribution in [0.5, 0.6) is 11.5 Å². The molecule has 4 rings (SSSR count). The average molecular weight is 481 g/mol. The van der Waals surface area contributed by atoms with Crippen LogP contribution in [0.1, 0.15) is 31.0 Å². The largest absolute Gasteiger partial charge is 0.497 e. The van der Waals surface area contributed by atoms with Gasteiger partial charge in [0.1, 0.15) is 11.5 Å². The first-order valence-electron chi connectivity index (χ1n) is 11.1. The fraction of sp³-hybridized carbons (Fsp3) is 0.269. The third-order valence-electron chi connectivity index (χ3n) is 5.92. The Morgan fingerprint density at radius 2 is 1.76 bits per heavy atom. The first-order chi connectivity index (χ1) is 16.3. The highest BCUT2D eigenvalue weighted by Gasteiger charge is 2.37. The van der Waals surface area contributed by atoms with Gasteiger partial charge in [-0.3, -0.25) is 9.10 Å². The van der Waals surface area contributed by atoms with Crippen LogP contribution < -0.4 is 19.1 Å². The van der Waals surface area contributed by atoms with E-state index < -0.39 is 16.1 Å². The van der Waals surface area contributed by atoms with Gasteiger partial charge >= 0.3 is 0 Å². The maximum atomic E-state index is 13.5. The first-order valence-corrected chi connectivity index (χ1v) is 12.6. The van der Waals surface area contributed by atoms with E-state index in [1.807, 2.05) is 31.2 Å².